The van der Waals surface area contributed by atoms with Gasteiger partial charge in [-0.2, -0.15) is 0 Å². The largest absolute Gasteiger partial charge is 1.00 e. The van der Waals surface area contributed by atoms with Gasteiger partial charge in [0.1, 0.15) is 12.6 Å². The van der Waals surface area contributed by atoms with E-state index in [2.05, 4.69) is 0 Å². The molecule has 2 nitrogen and oxygen atoms in total. The Hall–Kier alpha value is -0.0626. The summed E-state index contributed by atoms with van der Waals surface area (Å²) < 4.78 is 0. The maximum atomic E-state index is 9.77. The second-order valence-electron chi connectivity index (χ2n) is 1.97. The van der Waals surface area contributed by atoms with Crippen LogP contribution in [0.15, 0.2) is 0 Å². The molecule has 0 aliphatic rings. The minimum atomic E-state index is 0. The second-order valence-corrected chi connectivity index (χ2v) is 1.97. The van der Waals surface area contributed by atoms with Crippen LogP contribution in [-0.2, 0) is 9.59 Å². The van der Waals surface area contributed by atoms with Crippen LogP contribution in [0.4, 0.5) is 0 Å². The Morgan fingerprint density at radius 2 is 1.30 bits per heavy atom. The SMILES string of the molecule is O=CCCCCCC=O.[H-].[Li+]. The van der Waals surface area contributed by atoms with E-state index in [0.29, 0.717) is 12.8 Å². The van der Waals surface area contributed by atoms with E-state index in [-0.39, 0.29) is 20.3 Å². The van der Waals surface area contributed by atoms with E-state index in [9.17, 15) is 9.59 Å². The summed E-state index contributed by atoms with van der Waals surface area (Å²) in [6.07, 6.45) is 5.96. The maximum absolute atomic E-state index is 9.77. The van der Waals surface area contributed by atoms with Crippen LogP contribution in [0.25, 0.3) is 0 Å². The first-order chi connectivity index (χ1) is 4.41. The third-order valence-electron chi connectivity index (χ3n) is 1.14. The third-order valence-corrected chi connectivity index (χ3v) is 1.14. The Labute approximate surface area is 75.0 Å². The molecule has 0 fully saturated rings. The Morgan fingerprint density at radius 3 is 1.60 bits per heavy atom. The van der Waals surface area contributed by atoms with Gasteiger partial charge in [-0.05, 0) is 12.8 Å². The van der Waals surface area contributed by atoms with Gasteiger partial charge in [0.2, 0.25) is 0 Å². The van der Waals surface area contributed by atoms with Gasteiger partial charge in [-0.15, -0.1) is 0 Å². The molecule has 0 aliphatic carbocycles. The summed E-state index contributed by atoms with van der Waals surface area (Å²) in [6, 6.07) is 0. The molecule has 0 rings (SSSR count). The molecule has 0 saturated heterocycles. The first-order valence-corrected chi connectivity index (χ1v) is 3.29. The Balaban J connectivity index is -0.000000320. The van der Waals surface area contributed by atoms with Crippen molar-refractivity contribution < 1.29 is 29.9 Å². The van der Waals surface area contributed by atoms with Gasteiger partial charge in [-0.25, -0.2) is 0 Å². The Bertz CT molecular complexity index is 78.5. The van der Waals surface area contributed by atoms with Gasteiger partial charge in [0, 0.05) is 12.8 Å². The van der Waals surface area contributed by atoms with Crippen LogP contribution in [0.2, 0.25) is 0 Å². The molecule has 0 amide bonds. The first-order valence-electron chi connectivity index (χ1n) is 3.29. The molecule has 3 heteroatoms. The smallest absolute Gasteiger partial charge is 1.00 e. The number of carbonyl (C=O) groups is 2. The monoisotopic (exact) mass is 136 g/mol. The van der Waals surface area contributed by atoms with Gasteiger partial charge in [0.05, 0.1) is 0 Å². The molecule has 10 heavy (non-hydrogen) atoms. The molecule has 0 bridgehead atoms. The topological polar surface area (TPSA) is 34.1 Å². The number of hydrogen-bond acceptors (Lipinski definition) is 2. The van der Waals surface area contributed by atoms with Crippen molar-refractivity contribution in [3.63, 3.8) is 0 Å². The average Bonchev–Trinajstić information content (AvgIpc) is 1.89. The van der Waals surface area contributed by atoms with E-state index in [4.69, 9.17) is 0 Å². The van der Waals surface area contributed by atoms with Crippen LogP contribution in [-0.4, -0.2) is 12.6 Å². The number of aldehydes is 2. The normalized spacial score (nSPS) is 8.00. The van der Waals surface area contributed by atoms with E-state index >= 15 is 0 Å². The molecule has 0 aliphatic heterocycles. The predicted molar refractivity (Wildman–Crippen MR) is 36.3 cm³/mol. The number of hydrogen-bond donors (Lipinski definition) is 0. The quantitative estimate of drug-likeness (QED) is 0.252. The average molecular weight is 136 g/mol. The summed E-state index contributed by atoms with van der Waals surface area (Å²) >= 11 is 0. The summed E-state index contributed by atoms with van der Waals surface area (Å²) in [7, 11) is 0. The molecular formula is C7H13LiO2. The van der Waals surface area contributed by atoms with Gasteiger partial charge >= 0.3 is 18.9 Å². The third kappa shape index (κ3) is 10.8. The van der Waals surface area contributed by atoms with Crippen LogP contribution in [0.5, 0.6) is 0 Å². The molecule has 0 N–H and O–H groups in total. The molecular weight excluding hydrogens is 123 g/mol. The second kappa shape index (κ2) is 11.7. The van der Waals surface area contributed by atoms with Gasteiger partial charge in [-0.3, -0.25) is 0 Å². The van der Waals surface area contributed by atoms with Crippen molar-refractivity contribution >= 4 is 12.6 Å². The fourth-order valence-electron chi connectivity index (χ4n) is 0.632. The summed E-state index contributed by atoms with van der Waals surface area (Å²) in [6.45, 7) is 0. The maximum Gasteiger partial charge on any atom is 1.00 e. The number of rotatable bonds is 6. The molecule has 0 saturated carbocycles. The summed E-state index contributed by atoms with van der Waals surface area (Å²) in [5, 5.41) is 0. The van der Waals surface area contributed by atoms with Crippen molar-refractivity contribution in [3.8, 4) is 0 Å². The fourth-order valence-corrected chi connectivity index (χ4v) is 0.632. The van der Waals surface area contributed by atoms with Crippen LogP contribution in [0, 0.1) is 0 Å². The molecule has 0 radical (unpaired) electrons. The van der Waals surface area contributed by atoms with Crippen molar-refractivity contribution in [3.05, 3.63) is 0 Å². The van der Waals surface area contributed by atoms with Crippen molar-refractivity contribution in [1.29, 1.82) is 0 Å². The van der Waals surface area contributed by atoms with Crippen molar-refractivity contribution in [2.75, 3.05) is 0 Å². The molecule has 0 aromatic heterocycles. The van der Waals surface area contributed by atoms with Gasteiger partial charge in [0.25, 0.3) is 0 Å². The minimum Gasteiger partial charge on any atom is -1.00 e. The van der Waals surface area contributed by atoms with Gasteiger partial charge < -0.3 is 11.0 Å². The van der Waals surface area contributed by atoms with Crippen LogP contribution in [0.3, 0.4) is 0 Å². The Kier molecular flexibility index (Phi) is 14.7. The predicted octanol–water partition coefficient (Wildman–Crippen LogP) is -1.55. The Morgan fingerprint density at radius 1 is 0.900 bits per heavy atom. The zero-order valence-electron chi connectivity index (χ0n) is 7.51. The van der Waals surface area contributed by atoms with Crippen LogP contribution < -0.4 is 18.9 Å². The van der Waals surface area contributed by atoms with E-state index in [0.717, 1.165) is 31.8 Å². The van der Waals surface area contributed by atoms with Gasteiger partial charge in [-0.1, -0.05) is 6.42 Å². The van der Waals surface area contributed by atoms with Crippen molar-refractivity contribution in [2.45, 2.75) is 32.1 Å². The molecule has 0 heterocycles. The van der Waals surface area contributed by atoms with Crippen LogP contribution >= 0.6 is 0 Å². The fraction of sp³-hybridized carbons (Fsp3) is 0.714. The first kappa shape index (κ1) is 12.6. The van der Waals surface area contributed by atoms with E-state index < -0.39 is 0 Å². The molecule has 0 atom stereocenters. The molecule has 0 unspecified atom stereocenters. The number of carbonyl (C=O) groups excluding carboxylic acids is 2. The summed E-state index contributed by atoms with van der Waals surface area (Å²) in [5.74, 6) is 0. The zero-order valence-corrected chi connectivity index (χ0v) is 6.51. The van der Waals surface area contributed by atoms with E-state index in [1.807, 2.05) is 0 Å². The van der Waals surface area contributed by atoms with E-state index in [1.54, 1.807) is 0 Å². The minimum absolute atomic E-state index is 0. The zero-order chi connectivity index (χ0) is 6.95. The number of unbranched alkanes of at least 4 members (excludes halogenated alkanes) is 4. The molecule has 0 spiro atoms. The molecule has 0 aromatic rings. The van der Waals surface area contributed by atoms with Gasteiger partial charge in [0.15, 0.2) is 0 Å². The van der Waals surface area contributed by atoms with Crippen molar-refractivity contribution in [2.24, 2.45) is 0 Å². The van der Waals surface area contributed by atoms with Crippen molar-refractivity contribution in [1.82, 2.24) is 0 Å². The summed E-state index contributed by atoms with van der Waals surface area (Å²) in [4.78, 5) is 19.5. The molecule has 0 aromatic carbocycles. The standard InChI is InChI=1S/C7H12O2.Li.H/c8-6-4-2-1-3-5-7-9;;/h6-7H,1-5H2;;/q;+1;-1. The molecule has 54 valence electrons. The van der Waals surface area contributed by atoms with E-state index in [1.165, 1.54) is 0 Å². The van der Waals surface area contributed by atoms with Crippen LogP contribution in [0.1, 0.15) is 33.5 Å². The summed E-state index contributed by atoms with van der Waals surface area (Å²) in [5.41, 5.74) is 0.